The molecule has 1 rings (SSSR count). The van der Waals surface area contributed by atoms with Crippen LogP contribution in [-0.4, -0.2) is 25.5 Å². The lowest BCUT2D eigenvalue weighted by Crippen LogP contribution is -2.30. The Balaban J connectivity index is 2.01. The average Bonchev–Trinajstić information content (AvgIpc) is 2.77. The first-order valence-corrected chi connectivity index (χ1v) is 14.0. The second-order valence-corrected chi connectivity index (χ2v) is 10.4. The number of hydrogen-bond donors (Lipinski definition) is 2. The predicted molar refractivity (Wildman–Crippen MR) is 137 cm³/mol. The number of sulfonamides is 1. The van der Waals surface area contributed by atoms with Gasteiger partial charge in [0.1, 0.15) is 0 Å². The molecular formula is C26H40ClNO4S. The van der Waals surface area contributed by atoms with E-state index in [0.29, 0.717) is 11.4 Å². The van der Waals surface area contributed by atoms with Crippen LogP contribution in [-0.2, 0) is 14.8 Å². The van der Waals surface area contributed by atoms with Gasteiger partial charge in [0.05, 0.1) is 11.0 Å². The predicted octanol–water partition coefficient (Wildman–Crippen LogP) is 6.71. The molecule has 2 N–H and O–H groups in total. The van der Waals surface area contributed by atoms with Crippen LogP contribution in [0.25, 0.3) is 0 Å². The van der Waals surface area contributed by atoms with Gasteiger partial charge >= 0.3 is 0 Å². The molecule has 0 aliphatic heterocycles. The lowest BCUT2D eigenvalue weighted by Gasteiger charge is -2.06. The molecule has 0 spiro atoms. The minimum atomic E-state index is -3.84. The number of unbranched alkanes of at least 4 members (excludes halogenated alkanes) is 8. The summed E-state index contributed by atoms with van der Waals surface area (Å²) in [6.07, 6.45) is 20.6. The molecule has 0 saturated carbocycles. The van der Waals surface area contributed by atoms with Crippen molar-refractivity contribution in [2.24, 2.45) is 0 Å². The zero-order valence-corrected chi connectivity index (χ0v) is 21.4. The second-order valence-electron chi connectivity index (χ2n) is 8.33. The average molecular weight is 498 g/mol. The number of hydrogen-bond acceptors (Lipinski definition) is 4. The van der Waals surface area contributed by atoms with Crippen molar-refractivity contribution < 1.29 is 18.3 Å². The molecular weight excluding hydrogens is 458 g/mol. The maximum atomic E-state index is 12.1. The van der Waals surface area contributed by atoms with Gasteiger partial charge in [0, 0.05) is 11.4 Å². The van der Waals surface area contributed by atoms with E-state index in [1.165, 1.54) is 49.9 Å². The van der Waals surface area contributed by atoms with Crippen LogP contribution in [0.15, 0.2) is 53.5 Å². The van der Waals surface area contributed by atoms with Crippen molar-refractivity contribution in [3.63, 3.8) is 0 Å². The molecule has 33 heavy (non-hydrogen) atoms. The molecule has 0 bridgehead atoms. The number of halogens is 1. The topological polar surface area (TPSA) is 83.5 Å². The SMILES string of the molecule is CCCC[C@@H](O)C=CCCCCCCCC=CCCCC(=O)NS(=O)(=O)c1ccc(Cl)cc1. The second kappa shape index (κ2) is 17.8. The Morgan fingerprint density at radius 1 is 0.939 bits per heavy atom. The molecule has 0 aliphatic carbocycles. The Labute approximate surface area is 205 Å². The molecule has 1 amide bonds. The van der Waals surface area contributed by atoms with Gasteiger partial charge in [-0.2, -0.15) is 0 Å². The highest BCUT2D eigenvalue weighted by atomic mass is 35.5. The van der Waals surface area contributed by atoms with Gasteiger partial charge in [-0.1, -0.05) is 74.9 Å². The summed E-state index contributed by atoms with van der Waals surface area (Å²) in [5.41, 5.74) is 0. The molecule has 0 saturated heterocycles. The third kappa shape index (κ3) is 15.0. The van der Waals surface area contributed by atoms with Crippen molar-refractivity contribution in [1.29, 1.82) is 0 Å². The fourth-order valence-corrected chi connectivity index (χ4v) is 4.45. The third-order valence-corrected chi connectivity index (χ3v) is 6.91. The van der Waals surface area contributed by atoms with E-state index in [0.717, 1.165) is 44.9 Å². The molecule has 0 fully saturated rings. The van der Waals surface area contributed by atoms with E-state index in [2.05, 4.69) is 29.9 Å². The minimum Gasteiger partial charge on any atom is -0.389 e. The largest absolute Gasteiger partial charge is 0.389 e. The van der Waals surface area contributed by atoms with Crippen molar-refractivity contribution in [2.45, 2.75) is 101 Å². The first-order valence-electron chi connectivity index (χ1n) is 12.2. The highest BCUT2D eigenvalue weighted by Gasteiger charge is 2.16. The zero-order chi connectivity index (χ0) is 24.4. The summed E-state index contributed by atoms with van der Waals surface area (Å²) >= 11 is 5.76. The van der Waals surface area contributed by atoms with Gasteiger partial charge in [0.15, 0.2) is 0 Å². The summed E-state index contributed by atoms with van der Waals surface area (Å²) in [7, 11) is -3.84. The van der Waals surface area contributed by atoms with E-state index in [1.807, 2.05) is 6.08 Å². The Morgan fingerprint density at radius 3 is 2.15 bits per heavy atom. The van der Waals surface area contributed by atoms with E-state index in [4.69, 9.17) is 11.6 Å². The van der Waals surface area contributed by atoms with Crippen molar-refractivity contribution >= 4 is 27.5 Å². The number of benzene rings is 1. The number of carbonyl (C=O) groups excluding carboxylic acids is 1. The summed E-state index contributed by atoms with van der Waals surface area (Å²) in [5.74, 6) is -0.497. The highest BCUT2D eigenvalue weighted by molar-refractivity contribution is 7.90. The summed E-state index contributed by atoms with van der Waals surface area (Å²) in [5, 5.41) is 10.2. The molecule has 1 atom stereocenters. The lowest BCUT2D eigenvalue weighted by molar-refractivity contribution is -0.119. The standard InChI is InChI=1S/C26H40ClNO4S/c1-2-3-16-24(29)17-14-12-10-8-6-4-5-7-9-11-13-15-18-26(30)28-33(31,32)25-21-19-23(27)20-22-25/h9,11,14,17,19-22,24,29H,2-8,10,12-13,15-16,18H2,1H3,(H,28,30)/t24-/m1/s1. The molecule has 5 nitrogen and oxygen atoms in total. The maximum Gasteiger partial charge on any atom is 0.264 e. The number of nitrogens with one attached hydrogen (secondary N) is 1. The van der Waals surface area contributed by atoms with Crippen molar-refractivity contribution in [3.05, 3.63) is 53.6 Å². The molecule has 0 unspecified atom stereocenters. The first-order chi connectivity index (χ1) is 15.8. The number of allylic oxidation sites excluding steroid dienone is 3. The summed E-state index contributed by atoms with van der Waals surface area (Å²) in [4.78, 5) is 11.9. The lowest BCUT2D eigenvalue weighted by atomic mass is 10.1. The molecule has 0 aliphatic rings. The van der Waals surface area contributed by atoms with Gasteiger partial charge in [0.2, 0.25) is 5.91 Å². The van der Waals surface area contributed by atoms with E-state index < -0.39 is 15.9 Å². The highest BCUT2D eigenvalue weighted by Crippen LogP contribution is 2.14. The zero-order valence-electron chi connectivity index (χ0n) is 19.8. The minimum absolute atomic E-state index is 0.0258. The van der Waals surface area contributed by atoms with Crippen LogP contribution < -0.4 is 4.72 Å². The molecule has 186 valence electrons. The molecule has 1 aromatic carbocycles. The summed E-state index contributed by atoms with van der Waals surface area (Å²) < 4.78 is 26.4. The fourth-order valence-electron chi connectivity index (χ4n) is 3.31. The summed E-state index contributed by atoms with van der Waals surface area (Å²) in [6, 6.07) is 5.70. The van der Waals surface area contributed by atoms with E-state index in [-0.39, 0.29) is 17.4 Å². The van der Waals surface area contributed by atoms with Crippen molar-refractivity contribution in [1.82, 2.24) is 4.72 Å². The number of amides is 1. The Hall–Kier alpha value is -1.63. The maximum absolute atomic E-state index is 12.1. The normalized spacial score (nSPS) is 13.1. The van der Waals surface area contributed by atoms with E-state index >= 15 is 0 Å². The van der Waals surface area contributed by atoms with Crippen LogP contribution in [0.3, 0.4) is 0 Å². The van der Waals surface area contributed by atoms with Crippen LogP contribution in [0.4, 0.5) is 0 Å². The Kier molecular flexibility index (Phi) is 15.9. The van der Waals surface area contributed by atoms with Gasteiger partial charge in [-0.05, 0) is 69.2 Å². The van der Waals surface area contributed by atoms with Gasteiger partial charge in [-0.25, -0.2) is 13.1 Å². The smallest absolute Gasteiger partial charge is 0.264 e. The van der Waals surface area contributed by atoms with Crippen molar-refractivity contribution in [2.75, 3.05) is 0 Å². The van der Waals surface area contributed by atoms with Crippen LogP contribution >= 0.6 is 11.6 Å². The molecule has 0 aromatic heterocycles. The third-order valence-electron chi connectivity index (χ3n) is 5.27. The Morgan fingerprint density at radius 2 is 1.52 bits per heavy atom. The number of aliphatic hydroxyl groups excluding tert-OH is 1. The number of aliphatic hydroxyl groups is 1. The van der Waals surface area contributed by atoms with E-state index in [9.17, 15) is 18.3 Å². The fraction of sp³-hybridized carbons (Fsp3) is 0.577. The van der Waals surface area contributed by atoms with Crippen molar-refractivity contribution in [3.8, 4) is 0 Å². The number of carbonyl (C=O) groups is 1. The van der Waals surface area contributed by atoms with Crippen LogP contribution in [0.2, 0.25) is 5.02 Å². The van der Waals surface area contributed by atoms with Gasteiger partial charge in [-0.15, -0.1) is 0 Å². The molecule has 1 aromatic rings. The quantitative estimate of drug-likeness (QED) is 0.174. The molecule has 0 heterocycles. The van der Waals surface area contributed by atoms with Crippen LogP contribution in [0, 0.1) is 0 Å². The molecule has 7 heteroatoms. The number of rotatable bonds is 18. The van der Waals surface area contributed by atoms with Crippen LogP contribution in [0.5, 0.6) is 0 Å². The van der Waals surface area contributed by atoms with E-state index in [1.54, 1.807) is 0 Å². The monoisotopic (exact) mass is 497 g/mol. The Bertz CT molecular complexity index is 819. The van der Waals surface area contributed by atoms with Gasteiger partial charge in [0.25, 0.3) is 10.0 Å². The van der Waals surface area contributed by atoms with Crippen LogP contribution in [0.1, 0.15) is 90.4 Å². The first kappa shape index (κ1) is 29.4. The molecule has 0 radical (unpaired) electrons. The summed E-state index contributed by atoms with van der Waals surface area (Å²) in [6.45, 7) is 2.13. The van der Waals surface area contributed by atoms with Gasteiger partial charge < -0.3 is 5.11 Å². The van der Waals surface area contributed by atoms with Gasteiger partial charge in [-0.3, -0.25) is 4.79 Å².